The highest BCUT2D eigenvalue weighted by Crippen LogP contribution is 2.29. The first kappa shape index (κ1) is 24.3. The number of hydrogen-bond donors (Lipinski definition) is 1. The number of rotatable bonds is 8. The molecule has 0 saturated carbocycles. The molecule has 1 heterocycles. The lowest BCUT2D eigenvalue weighted by Crippen LogP contribution is -2.23. The number of benzene rings is 2. The summed E-state index contributed by atoms with van der Waals surface area (Å²) in [5, 5.41) is 2.73. The van der Waals surface area contributed by atoms with Crippen LogP contribution in [0.1, 0.15) is 12.3 Å². The Balaban J connectivity index is 1.73. The molecule has 0 spiro atoms. The molecule has 0 atom stereocenters. The third kappa shape index (κ3) is 5.55. The Hall–Kier alpha value is -3.31. The summed E-state index contributed by atoms with van der Waals surface area (Å²) in [7, 11) is 2.72. The number of halogens is 2. The van der Waals surface area contributed by atoms with Crippen LogP contribution in [0.4, 0.5) is 20.2 Å². The van der Waals surface area contributed by atoms with Gasteiger partial charge < -0.3 is 14.6 Å². The van der Waals surface area contributed by atoms with Crippen LogP contribution in [0.2, 0.25) is 0 Å². The first-order chi connectivity index (χ1) is 15.5. The predicted octanol–water partition coefficient (Wildman–Crippen LogP) is 3.51. The molecule has 3 aromatic rings. The highest BCUT2D eigenvalue weighted by atomic mass is 32.2. The molecule has 0 radical (unpaired) electrons. The summed E-state index contributed by atoms with van der Waals surface area (Å²) in [6.07, 6.45) is 1.42. The topological polar surface area (TPSA) is 95.8 Å². The maximum Gasteiger partial charge on any atom is 0.242 e. The van der Waals surface area contributed by atoms with Crippen molar-refractivity contribution >= 4 is 27.3 Å². The molecular weight excluding hydrogens is 454 g/mol. The molecule has 0 bridgehead atoms. The van der Waals surface area contributed by atoms with E-state index in [-0.39, 0.29) is 40.9 Å². The lowest BCUT2D eigenvalue weighted by molar-refractivity contribution is -0.116. The molecule has 1 amide bonds. The number of oxazole rings is 1. The summed E-state index contributed by atoms with van der Waals surface area (Å²) in [6, 6.07) is 7.61. The minimum atomic E-state index is -3.68. The monoisotopic (exact) mass is 478 g/mol. The van der Waals surface area contributed by atoms with Gasteiger partial charge >= 0.3 is 0 Å². The van der Waals surface area contributed by atoms with Gasteiger partial charge in [0, 0.05) is 47.1 Å². The molecule has 0 saturated heterocycles. The number of nitrogens with one attached hydrogen (secondary N) is 1. The Morgan fingerprint density at radius 1 is 1.09 bits per heavy atom. The Labute approximate surface area is 190 Å². The van der Waals surface area contributed by atoms with E-state index in [4.69, 9.17) is 4.42 Å². The summed E-state index contributed by atoms with van der Waals surface area (Å²) in [5.74, 6) is -1.53. The standard InChI is InChI=1S/C22H24F2N4O4S/c1-27(2)19-8-6-15(33(30,31)28(3)4)12-18(19)26-21(29)9-10-22-25-13-20(32-22)16-7-5-14(23)11-17(16)24/h5-8,11-13H,9-10H2,1-4H3,(H,26,29). The van der Waals surface area contributed by atoms with Crippen molar-refractivity contribution in [2.24, 2.45) is 0 Å². The Bertz CT molecular complexity index is 1270. The number of aryl methyl sites for hydroxylation is 1. The number of amides is 1. The van der Waals surface area contributed by atoms with Crippen LogP contribution in [0.3, 0.4) is 0 Å². The van der Waals surface area contributed by atoms with E-state index in [0.29, 0.717) is 11.4 Å². The summed E-state index contributed by atoms with van der Waals surface area (Å²) < 4.78 is 58.5. The van der Waals surface area contributed by atoms with Crippen LogP contribution in [0.15, 0.2) is 51.9 Å². The fraction of sp³-hybridized carbons (Fsp3) is 0.273. The molecule has 1 aromatic heterocycles. The predicted molar refractivity (Wildman–Crippen MR) is 120 cm³/mol. The molecule has 3 rings (SSSR count). The number of aromatic nitrogens is 1. The average Bonchev–Trinajstić information content (AvgIpc) is 3.20. The van der Waals surface area contributed by atoms with Crippen molar-refractivity contribution in [3.8, 4) is 11.3 Å². The van der Waals surface area contributed by atoms with Crippen molar-refractivity contribution < 1.29 is 26.4 Å². The lowest BCUT2D eigenvalue weighted by atomic mass is 10.2. The van der Waals surface area contributed by atoms with E-state index in [0.717, 1.165) is 16.4 Å². The van der Waals surface area contributed by atoms with E-state index in [1.165, 1.54) is 38.5 Å². The molecule has 0 fully saturated rings. The Kier molecular flexibility index (Phi) is 7.13. The summed E-state index contributed by atoms with van der Waals surface area (Å²) in [6.45, 7) is 0. The first-order valence-electron chi connectivity index (χ1n) is 9.93. The summed E-state index contributed by atoms with van der Waals surface area (Å²) >= 11 is 0. The molecular formula is C22H24F2N4O4S. The number of nitrogens with zero attached hydrogens (tertiary/aromatic N) is 3. The number of carbonyl (C=O) groups excluding carboxylic acids is 1. The second-order valence-corrected chi connectivity index (χ2v) is 9.80. The molecule has 0 unspecified atom stereocenters. The average molecular weight is 479 g/mol. The fourth-order valence-electron chi connectivity index (χ4n) is 3.05. The van der Waals surface area contributed by atoms with Crippen LogP contribution in [-0.2, 0) is 21.2 Å². The van der Waals surface area contributed by atoms with Gasteiger partial charge in [0.05, 0.1) is 28.0 Å². The van der Waals surface area contributed by atoms with Crippen LogP contribution < -0.4 is 10.2 Å². The van der Waals surface area contributed by atoms with E-state index in [9.17, 15) is 22.0 Å². The van der Waals surface area contributed by atoms with Gasteiger partial charge in [-0.15, -0.1) is 0 Å². The molecule has 0 aliphatic rings. The molecule has 0 aliphatic carbocycles. The van der Waals surface area contributed by atoms with Crippen LogP contribution in [0.25, 0.3) is 11.3 Å². The molecule has 2 aromatic carbocycles. The Morgan fingerprint density at radius 3 is 2.45 bits per heavy atom. The minimum absolute atomic E-state index is 0.0105. The fourth-order valence-corrected chi connectivity index (χ4v) is 3.98. The number of sulfonamides is 1. The second kappa shape index (κ2) is 9.67. The van der Waals surface area contributed by atoms with Crippen molar-refractivity contribution in [2.45, 2.75) is 17.7 Å². The third-order valence-electron chi connectivity index (χ3n) is 4.82. The van der Waals surface area contributed by atoms with E-state index in [1.807, 2.05) is 0 Å². The van der Waals surface area contributed by atoms with Crippen molar-refractivity contribution in [3.05, 3.63) is 60.1 Å². The summed E-state index contributed by atoms with van der Waals surface area (Å²) in [5.41, 5.74) is 1.04. The van der Waals surface area contributed by atoms with Gasteiger partial charge in [-0.3, -0.25) is 4.79 Å². The normalized spacial score (nSPS) is 11.6. The highest BCUT2D eigenvalue weighted by molar-refractivity contribution is 7.89. The maximum atomic E-state index is 13.9. The lowest BCUT2D eigenvalue weighted by Gasteiger charge is -2.20. The van der Waals surface area contributed by atoms with Crippen LogP contribution in [0, 0.1) is 11.6 Å². The maximum absolute atomic E-state index is 13.9. The molecule has 11 heteroatoms. The van der Waals surface area contributed by atoms with E-state index in [1.54, 1.807) is 25.1 Å². The SMILES string of the molecule is CN(C)c1ccc(S(=O)(=O)N(C)C)cc1NC(=O)CCc1ncc(-c2ccc(F)cc2F)o1. The third-order valence-corrected chi connectivity index (χ3v) is 6.63. The molecule has 33 heavy (non-hydrogen) atoms. The van der Waals surface area contributed by atoms with Crippen molar-refractivity contribution in [1.29, 1.82) is 0 Å². The molecule has 1 N–H and O–H groups in total. The largest absolute Gasteiger partial charge is 0.441 e. The molecule has 8 nitrogen and oxygen atoms in total. The van der Waals surface area contributed by atoms with Crippen LogP contribution in [0.5, 0.6) is 0 Å². The van der Waals surface area contributed by atoms with Crippen molar-refractivity contribution in [3.63, 3.8) is 0 Å². The van der Waals surface area contributed by atoms with E-state index in [2.05, 4.69) is 10.3 Å². The van der Waals surface area contributed by atoms with Gasteiger partial charge in [-0.1, -0.05) is 0 Å². The highest BCUT2D eigenvalue weighted by Gasteiger charge is 2.20. The zero-order valence-electron chi connectivity index (χ0n) is 18.6. The van der Waals surface area contributed by atoms with Gasteiger partial charge in [-0.25, -0.2) is 26.5 Å². The van der Waals surface area contributed by atoms with E-state index < -0.39 is 21.7 Å². The van der Waals surface area contributed by atoms with Gasteiger partial charge in [-0.05, 0) is 30.3 Å². The van der Waals surface area contributed by atoms with Gasteiger partial charge in [0.25, 0.3) is 0 Å². The number of hydrogen-bond acceptors (Lipinski definition) is 6. The molecule has 176 valence electrons. The first-order valence-corrected chi connectivity index (χ1v) is 11.4. The quantitative estimate of drug-likeness (QED) is 0.532. The smallest absolute Gasteiger partial charge is 0.242 e. The van der Waals surface area contributed by atoms with E-state index >= 15 is 0 Å². The zero-order valence-corrected chi connectivity index (χ0v) is 19.4. The number of anilines is 2. The van der Waals surface area contributed by atoms with Gasteiger partial charge in [0.2, 0.25) is 15.9 Å². The summed E-state index contributed by atoms with van der Waals surface area (Å²) in [4.78, 5) is 18.4. The second-order valence-electron chi connectivity index (χ2n) is 7.65. The van der Waals surface area contributed by atoms with Crippen LogP contribution >= 0.6 is 0 Å². The number of carbonyl (C=O) groups is 1. The van der Waals surface area contributed by atoms with Crippen molar-refractivity contribution in [1.82, 2.24) is 9.29 Å². The van der Waals surface area contributed by atoms with Gasteiger partial charge in [0.15, 0.2) is 11.7 Å². The van der Waals surface area contributed by atoms with Crippen molar-refractivity contribution in [2.75, 3.05) is 38.4 Å². The van der Waals surface area contributed by atoms with Gasteiger partial charge in [-0.2, -0.15) is 0 Å². The zero-order chi connectivity index (χ0) is 24.3. The minimum Gasteiger partial charge on any atom is -0.441 e. The molecule has 0 aliphatic heterocycles. The van der Waals surface area contributed by atoms with Gasteiger partial charge in [0.1, 0.15) is 11.6 Å². The Morgan fingerprint density at radius 2 is 1.82 bits per heavy atom. The van der Waals surface area contributed by atoms with Crippen LogP contribution in [-0.4, -0.2) is 51.8 Å².